The Balaban J connectivity index is 3.05. The number of amides is 4. The van der Waals surface area contributed by atoms with Crippen LogP contribution in [0.25, 0.3) is 0 Å². The normalized spacial score (nSPS) is 14.0. The standard InChI is InChI=1S/C25H41N7O6/c26-12-6-4-10-17(28)22(34)31-20(15-21(29)33)24(36)32-19(14-16-8-2-1-3-9-16)23(35)30-18(25(37)38)11-5-7-13-27/h1-3,8-9,17-20H,4-7,10-15,26-28H2,(H2,29,33)(H,30,35)(H,31,34)(H,32,36)(H,37,38). The van der Waals surface area contributed by atoms with Crippen LogP contribution in [0.5, 0.6) is 0 Å². The molecule has 0 radical (unpaired) electrons. The summed E-state index contributed by atoms with van der Waals surface area (Å²) in [5.41, 5.74) is 22.8. The van der Waals surface area contributed by atoms with E-state index in [0.717, 1.165) is 0 Å². The van der Waals surface area contributed by atoms with Crippen molar-refractivity contribution in [3.63, 3.8) is 0 Å². The van der Waals surface area contributed by atoms with E-state index in [-0.39, 0.29) is 12.8 Å². The SMILES string of the molecule is NCCCCC(N)C(=O)NC(CC(N)=O)C(=O)NC(Cc1ccccc1)C(=O)NC(CCCCN)C(=O)O. The molecule has 1 aromatic rings. The van der Waals surface area contributed by atoms with Crippen molar-refractivity contribution in [3.05, 3.63) is 35.9 Å². The lowest BCUT2D eigenvalue weighted by Gasteiger charge is -2.25. The third-order valence-corrected chi connectivity index (χ3v) is 5.82. The smallest absolute Gasteiger partial charge is 0.326 e. The highest BCUT2D eigenvalue weighted by atomic mass is 16.4. The quantitative estimate of drug-likeness (QED) is 0.0932. The molecule has 0 spiro atoms. The summed E-state index contributed by atoms with van der Waals surface area (Å²) in [7, 11) is 0. The van der Waals surface area contributed by atoms with Gasteiger partial charge in [0.15, 0.2) is 0 Å². The Morgan fingerprint density at radius 2 is 1.26 bits per heavy atom. The fraction of sp³-hybridized carbons (Fsp3) is 0.560. The third kappa shape index (κ3) is 12.6. The average Bonchev–Trinajstić information content (AvgIpc) is 2.87. The van der Waals surface area contributed by atoms with Gasteiger partial charge in [-0.25, -0.2) is 4.79 Å². The molecular weight excluding hydrogens is 494 g/mol. The summed E-state index contributed by atoms with van der Waals surface area (Å²) < 4.78 is 0. The van der Waals surface area contributed by atoms with Gasteiger partial charge in [-0.3, -0.25) is 19.2 Å². The van der Waals surface area contributed by atoms with Crippen LogP contribution in [0.3, 0.4) is 0 Å². The van der Waals surface area contributed by atoms with Crippen molar-refractivity contribution in [1.29, 1.82) is 0 Å². The number of carboxylic acid groups (broad SMARTS) is 1. The van der Waals surface area contributed by atoms with Gasteiger partial charge in [-0.2, -0.15) is 0 Å². The number of benzene rings is 1. The number of hydrogen-bond donors (Lipinski definition) is 8. The van der Waals surface area contributed by atoms with Gasteiger partial charge in [-0.05, 0) is 50.8 Å². The molecule has 0 aliphatic heterocycles. The molecule has 0 saturated carbocycles. The van der Waals surface area contributed by atoms with Crippen LogP contribution in [0.1, 0.15) is 50.5 Å². The number of primary amides is 1. The van der Waals surface area contributed by atoms with Crippen molar-refractivity contribution < 1.29 is 29.1 Å². The van der Waals surface area contributed by atoms with E-state index in [4.69, 9.17) is 22.9 Å². The van der Waals surface area contributed by atoms with E-state index in [0.29, 0.717) is 50.8 Å². The summed E-state index contributed by atoms with van der Waals surface area (Å²) in [6.45, 7) is 0.832. The predicted molar refractivity (Wildman–Crippen MR) is 141 cm³/mol. The molecule has 0 aliphatic rings. The van der Waals surface area contributed by atoms with Gasteiger partial charge in [0.05, 0.1) is 12.5 Å². The number of carbonyl (C=O) groups is 5. The minimum Gasteiger partial charge on any atom is -0.480 e. The summed E-state index contributed by atoms with van der Waals surface area (Å²) >= 11 is 0. The highest BCUT2D eigenvalue weighted by Crippen LogP contribution is 2.08. The summed E-state index contributed by atoms with van der Waals surface area (Å²) in [5.74, 6) is -4.29. The first-order chi connectivity index (χ1) is 18.1. The molecule has 4 unspecified atom stereocenters. The molecule has 13 heteroatoms. The molecule has 0 aliphatic carbocycles. The zero-order valence-electron chi connectivity index (χ0n) is 21.6. The van der Waals surface area contributed by atoms with Gasteiger partial charge < -0.3 is 44.0 Å². The molecule has 0 aromatic heterocycles. The molecular formula is C25H41N7O6. The molecule has 0 saturated heterocycles. The fourth-order valence-corrected chi connectivity index (χ4v) is 3.68. The predicted octanol–water partition coefficient (Wildman–Crippen LogP) is -1.77. The lowest BCUT2D eigenvalue weighted by atomic mass is 10.0. The first-order valence-electron chi connectivity index (χ1n) is 12.7. The Morgan fingerprint density at radius 1 is 0.737 bits per heavy atom. The zero-order valence-corrected chi connectivity index (χ0v) is 21.6. The van der Waals surface area contributed by atoms with Gasteiger partial charge in [0.25, 0.3) is 0 Å². The van der Waals surface area contributed by atoms with Crippen molar-refractivity contribution in [2.24, 2.45) is 22.9 Å². The largest absolute Gasteiger partial charge is 0.480 e. The van der Waals surface area contributed by atoms with Crippen molar-refractivity contribution in [2.45, 2.75) is 75.5 Å². The van der Waals surface area contributed by atoms with E-state index in [1.165, 1.54) is 0 Å². The molecule has 0 fully saturated rings. The zero-order chi connectivity index (χ0) is 28.5. The van der Waals surface area contributed by atoms with E-state index in [1.54, 1.807) is 30.3 Å². The van der Waals surface area contributed by atoms with Gasteiger partial charge in [0.1, 0.15) is 18.1 Å². The number of rotatable bonds is 19. The Hall–Kier alpha value is -3.55. The molecule has 212 valence electrons. The first-order valence-corrected chi connectivity index (χ1v) is 12.7. The number of hydrogen-bond acceptors (Lipinski definition) is 8. The molecule has 12 N–H and O–H groups in total. The fourth-order valence-electron chi connectivity index (χ4n) is 3.68. The van der Waals surface area contributed by atoms with Crippen molar-refractivity contribution >= 4 is 29.6 Å². The monoisotopic (exact) mass is 535 g/mol. The lowest BCUT2D eigenvalue weighted by Crippen LogP contribution is -2.58. The molecule has 4 amide bonds. The summed E-state index contributed by atoms with van der Waals surface area (Å²) in [6, 6.07) is 4.07. The summed E-state index contributed by atoms with van der Waals surface area (Å²) in [4.78, 5) is 62.1. The van der Waals surface area contributed by atoms with E-state index in [1.807, 2.05) is 0 Å². The van der Waals surface area contributed by atoms with Crippen LogP contribution >= 0.6 is 0 Å². The number of unbranched alkanes of at least 4 members (excludes halogenated alkanes) is 2. The third-order valence-electron chi connectivity index (χ3n) is 5.82. The van der Waals surface area contributed by atoms with Crippen LogP contribution in [0.2, 0.25) is 0 Å². The van der Waals surface area contributed by atoms with Crippen molar-refractivity contribution in [3.8, 4) is 0 Å². The maximum Gasteiger partial charge on any atom is 0.326 e. The number of carbonyl (C=O) groups excluding carboxylic acids is 4. The maximum atomic E-state index is 13.1. The lowest BCUT2D eigenvalue weighted by molar-refractivity contribution is -0.142. The molecule has 1 aromatic carbocycles. The van der Waals surface area contributed by atoms with Crippen molar-refractivity contribution in [1.82, 2.24) is 16.0 Å². The van der Waals surface area contributed by atoms with Crippen molar-refractivity contribution in [2.75, 3.05) is 13.1 Å². The van der Waals surface area contributed by atoms with Gasteiger partial charge in [0.2, 0.25) is 23.6 Å². The van der Waals surface area contributed by atoms with E-state index in [2.05, 4.69) is 16.0 Å². The number of nitrogens with two attached hydrogens (primary N) is 4. The highest BCUT2D eigenvalue weighted by molar-refractivity contribution is 5.96. The van der Waals surface area contributed by atoms with Crippen LogP contribution < -0.4 is 38.9 Å². The van der Waals surface area contributed by atoms with Gasteiger partial charge in [-0.15, -0.1) is 0 Å². The molecule has 0 heterocycles. The Bertz CT molecular complexity index is 915. The van der Waals surface area contributed by atoms with Gasteiger partial charge in [0, 0.05) is 6.42 Å². The van der Waals surface area contributed by atoms with Crippen LogP contribution in [-0.2, 0) is 30.4 Å². The molecule has 1 rings (SSSR count). The first kappa shape index (κ1) is 32.5. The van der Waals surface area contributed by atoms with E-state index in [9.17, 15) is 29.1 Å². The Kier molecular flexibility index (Phi) is 15.2. The molecule has 38 heavy (non-hydrogen) atoms. The van der Waals surface area contributed by atoms with Crippen LogP contribution in [-0.4, -0.2) is 72.0 Å². The molecule has 4 atom stereocenters. The second-order valence-corrected chi connectivity index (χ2v) is 9.06. The Morgan fingerprint density at radius 3 is 1.82 bits per heavy atom. The second-order valence-electron chi connectivity index (χ2n) is 9.06. The minimum absolute atomic E-state index is 0.0311. The highest BCUT2D eigenvalue weighted by Gasteiger charge is 2.31. The topological polar surface area (TPSA) is 246 Å². The Labute approximate surface area is 222 Å². The van der Waals surface area contributed by atoms with Crippen LogP contribution in [0.15, 0.2) is 30.3 Å². The number of carboxylic acids is 1. The van der Waals surface area contributed by atoms with Gasteiger partial charge >= 0.3 is 5.97 Å². The van der Waals surface area contributed by atoms with Gasteiger partial charge in [-0.1, -0.05) is 36.8 Å². The summed E-state index contributed by atoms with van der Waals surface area (Å²) in [5, 5.41) is 17.0. The average molecular weight is 536 g/mol. The number of aliphatic carboxylic acids is 1. The minimum atomic E-state index is -1.38. The van der Waals surface area contributed by atoms with Crippen LogP contribution in [0.4, 0.5) is 0 Å². The van der Waals surface area contributed by atoms with E-state index >= 15 is 0 Å². The number of nitrogens with one attached hydrogen (secondary N) is 3. The summed E-state index contributed by atoms with van der Waals surface area (Å²) in [6.07, 6.45) is 2.35. The second kappa shape index (κ2) is 17.8. The molecule has 13 nitrogen and oxygen atoms in total. The van der Waals surface area contributed by atoms with E-state index < -0.39 is 60.2 Å². The maximum absolute atomic E-state index is 13.1. The van der Waals surface area contributed by atoms with Crippen LogP contribution in [0, 0.1) is 0 Å². The molecule has 0 bridgehead atoms.